The maximum absolute atomic E-state index is 12.7. The summed E-state index contributed by atoms with van der Waals surface area (Å²) in [7, 11) is 0. The van der Waals surface area contributed by atoms with Gasteiger partial charge in [-0.3, -0.25) is 4.79 Å². The molecule has 114 valence electrons. The van der Waals surface area contributed by atoms with Crippen molar-refractivity contribution in [2.45, 2.75) is 0 Å². The second kappa shape index (κ2) is 6.34. The van der Waals surface area contributed by atoms with E-state index in [1.165, 1.54) is 24.3 Å². The zero-order valence-electron chi connectivity index (χ0n) is 11.7. The van der Waals surface area contributed by atoms with E-state index in [9.17, 15) is 9.18 Å². The highest BCUT2D eigenvalue weighted by Gasteiger charge is 2.15. The zero-order chi connectivity index (χ0) is 15.4. The maximum Gasteiger partial charge on any atom is 0.251 e. The maximum atomic E-state index is 12.7. The van der Waals surface area contributed by atoms with Crippen molar-refractivity contribution in [1.82, 2.24) is 5.32 Å². The number of amides is 1. The van der Waals surface area contributed by atoms with E-state index in [0.29, 0.717) is 36.0 Å². The summed E-state index contributed by atoms with van der Waals surface area (Å²) in [5.41, 5.74) is 0.492. The van der Waals surface area contributed by atoms with Crippen LogP contribution in [0.25, 0.3) is 0 Å². The summed E-state index contributed by atoms with van der Waals surface area (Å²) in [5.74, 6) is 1.22. The van der Waals surface area contributed by atoms with Crippen molar-refractivity contribution in [2.75, 3.05) is 19.9 Å². The lowest BCUT2D eigenvalue weighted by Gasteiger charge is -2.08. The molecule has 0 bridgehead atoms. The number of rotatable bonds is 5. The van der Waals surface area contributed by atoms with Gasteiger partial charge in [-0.25, -0.2) is 4.39 Å². The lowest BCUT2D eigenvalue weighted by molar-refractivity contribution is 0.0946. The van der Waals surface area contributed by atoms with Gasteiger partial charge < -0.3 is 19.5 Å². The summed E-state index contributed by atoms with van der Waals surface area (Å²) >= 11 is 0. The Hall–Kier alpha value is -2.76. The van der Waals surface area contributed by atoms with Gasteiger partial charge in [-0.05, 0) is 42.5 Å². The fourth-order valence-electron chi connectivity index (χ4n) is 2.00. The van der Waals surface area contributed by atoms with Crippen LogP contribution in [-0.4, -0.2) is 25.9 Å². The minimum absolute atomic E-state index is 0.173. The molecule has 0 radical (unpaired) electrons. The molecule has 1 heterocycles. The Labute approximate surface area is 126 Å². The average Bonchev–Trinajstić information content (AvgIpc) is 3.00. The van der Waals surface area contributed by atoms with Gasteiger partial charge in [0.25, 0.3) is 5.91 Å². The van der Waals surface area contributed by atoms with Crippen molar-refractivity contribution < 1.29 is 23.4 Å². The van der Waals surface area contributed by atoms with Gasteiger partial charge in [-0.2, -0.15) is 0 Å². The van der Waals surface area contributed by atoms with Crippen LogP contribution in [0.1, 0.15) is 10.4 Å². The number of nitrogens with one attached hydrogen (secondary N) is 1. The van der Waals surface area contributed by atoms with Crippen molar-refractivity contribution in [3.63, 3.8) is 0 Å². The summed E-state index contributed by atoms with van der Waals surface area (Å²) in [4.78, 5) is 12.0. The monoisotopic (exact) mass is 303 g/mol. The Morgan fingerprint density at radius 3 is 2.73 bits per heavy atom. The molecule has 1 N–H and O–H groups in total. The fourth-order valence-corrected chi connectivity index (χ4v) is 2.00. The van der Waals surface area contributed by atoms with Crippen LogP contribution < -0.4 is 19.5 Å². The Balaban J connectivity index is 1.47. The number of benzene rings is 2. The van der Waals surface area contributed by atoms with Crippen LogP contribution in [0.2, 0.25) is 0 Å². The number of fused-ring (bicyclic) bond motifs is 1. The number of carbonyl (C=O) groups is 1. The highest BCUT2D eigenvalue weighted by Crippen LogP contribution is 2.32. The predicted octanol–water partition coefficient (Wildman–Crippen LogP) is 2.36. The van der Waals surface area contributed by atoms with Crippen molar-refractivity contribution in [3.8, 4) is 17.2 Å². The molecule has 1 aliphatic heterocycles. The first-order chi connectivity index (χ1) is 10.7. The van der Waals surface area contributed by atoms with Gasteiger partial charge in [0.1, 0.15) is 18.2 Å². The SMILES string of the molecule is O=C(NCCOc1ccc(F)cc1)c1ccc2c(c1)OCO2. The second-order valence-corrected chi connectivity index (χ2v) is 4.63. The Bertz CT molecular complexity index is 672. The van der Waals surface area contributed by atoms with Crippen LogP contribution in [0.3, 0.4) is 0 Å². The van der Waals surface area contributed by atoms with E-state index in [1.54, 1.807) is 18.2 Å². The molecule has 22 heavy (non-hydrogen) atoms. The van der Waals surface area contributed by atoms with Crippen LogP contribution in [0, 0.1) is 5.82 Å². The van der Waals surface area contributed by atoms with Gasteiger partial charge in [-0.15, -0.1) is 0 Å². The Morgan fingerprint density at radius 2 is 1.91 bits per heavy atom. The average molecular weight is 303 g/mol. The molecule has 3 rings (SSSR count). The van der Waals surface area contributed by atoms with E-state index in [1.807, 2.05) is 0 Å². The molecule has 0 unspecified atom stereocenters. The number of carbonyl (C=O) groups excluding carboxylic acids is 1. The topological polar surface area (TPSA) is 56.8 Å². The fraction of sp³-hybridized carbons (Fsp3) is 0.188. The van der Waals surface area contributed by atoms with Gasteiger partial charge in [0.15, 0.2) is 11.5 Å². The third-order valence-electron chi connectivity index (χ3n) is 3.10. The molecule has 5 nitrogen and oxygen atoms in total. The molecule has 0 saturated carbocycles. The molecule has 0 aromatic heterocycles. The highest BCUT2D eigenvalue weighted by molar-refractivity contribution is 5.94. The number of halogens is 1. The van der Waals surface area contributed by atoms with E-state index in [2.05, 4.69) is 5.32 Å². The van der Waals surface area contributed by atoms with Crippen molar-refractivity contribution in [1.29, 1.82) is 0 Å². The van der Waals surface area contributed by atoms with Gasteiger partial charge in [0.2, 0.25) is 6.79 Å². The minimum Gasteiger partial charge on any atom is -0.492 e. The second-order valence-electron chi connectivity index (χ2n) is 4.63. The van der Waals surface area contributed by atoms with Crippen LogP contribution >= 0.6 is 0 Å². The summed E-state index contributed by atoms with van der Waals surface area (Å²) < 4.78 is 28.5. The van der Waals surface area contributed by atoms with E-state index in [-0.39, 0.29) is 18.5 Å². The summed E-state index contributed by atoms with van der Waals surface area (Å²) in [6, 6.07) is 10.7. The van der Waals surface area contributed by atoms with Crippen molar-refractivity contribution in [3.05, 3.63) is 53.8 Å². The molecular formula is C16H14FNO4. The molecular weight excluding hydrogens is 289 g/mol. The Morgan fingerprint density at radius 1 is 1.14 bits per heavy atom. The van der Waals surface area contributed by atoms with Crippen molar-refractivity contribution in [2.24, 2.45) is 0 Å². The van der Waals surface area contributed by atoms with Crippen LogP contribution in [0.4, 0.5) is 4.39 Å². The number of hydrogen-bond acceptors (Lipinski definition) is 4. The number of hydrogen-bond donors (Lipinski definition) is 1. The molecule has 0 aliphatic carbocycles. The third kappa shape index (κ3) is 3.28. The molecule has 0 spiro atoms. The Kier molecular flexibility index (Phi) is 4.09. The highest BCUT2D eigenvalue weighted by atomic mass is 19.1. The smallest absolute Gasteiger partial charge is 0.251 e. The quantitative estimate of drug-likeness (QED) is 0.862. The van der Waals surface area contributed by atoms with Crippen LogP contribution in [-0.2, 0) is 0 Å². The summed E-state index contributed by atoms with van der Waals surface area (Å²) in [5, 5.41) is 2.74. The normalized spacial score (nSPS) is 12.0. The standard InChI is InChI=1S/C16H14FNO4/c17-12-2-4-13(5-3-12)20-8-7-18-16(19)11-1-6-14-15(9-11)22-10-21-14/h1-6,9H,7-8,10H2,(H,18,19). The molecule has 2 aromatic rings. The van der Waals surface area contributed by atoms with Gasteiger partial charge in [0, 0.05) is 5.56 Å². The largest absolute Gasteiger partial charge is 0.492 e. The zero-order valence-corrected chi connectivity index (χ0v) is 11.7. The molecule has 0 saturated heterocycles. The molecule has 1 amide bonds. The van der Waals surface area contributed by atoms with Gasteiger partial charge in [0.05, 0.1) is 6.54 Å². The first-order valence-electron chi connectivity index (χ1n) is 6.78. The van der Waals surface area contributed by atoms with Crippen LogP contribution in [0.15, 0.2) is 42.5 Å². The summed E-state index contributed by atoms with van der Waals surface area (Å²) in [6.45, 7) is 0.804. The minimum atomic E-state index is -0.316. The molecule has 0 fully saturated rings. The lowest BCUT2D eigenvalue weighted by atomic mass is 10.2. The van der Waals surface area contributed by atoms with Gasteiger partial charge >= 0.3 is 0 Å². The van der Waals surface area contributed by atoms with E-state index in [4.69, 9.17) is 14.2 Å². The van der Waals surface area contributed by atoms with Crippen molar-refractivity contribution >= 4 is 5.91 Å². The van der Waals surface area contributed by atoms with E-state index in [0.717, 1.165) is 0 Å². The first-order valence-corrected chi connectivity index (χ1v) is 6.78. The molecule has 2 aromatic carbocycles. The van der Waals surface area contributed by atoms with Gasteiger partial charge in [-0.1, -0.05) is 0 Å². The molecule has 1 aliphatic rings. The summed E-state index contributed by atoms with van der Waals surface area (Å²) in [6.07, 6.45) is 0. The van der Waals surface area contributed by atoms with E-state index < -0.39 is 0 Å². The first kappa shape index (κ1) is 14.2. The lowest BCUT2D eigenvalue weighted by Crippen LogP contribution is -2.28. The van der Waals surface area contributed by atoms with Crippen LogP contribution in [0.5, 0.6) is 17.2 Å². The third-order valence-corrected chi connectivity index (χ3v) is 3.10. The predicted molar refractivity (Wildman–Crippen MR) is 76.8 cm³/mol. The number of ether oxygens (including phenoxy) is 3. The van der Waals surface area contributed by atoms with E-state index >= 15 is 0 Å². The molecule has 6 heteroatoms. The molecule has 0 atom stereocenters.